The maximum Gasteiger partial charge on any atom is 0.342 e. The number of carbonyl (C=O) groups excluding carboxylic acids is 3. The number of hydrogen-bond donors (Lipinski definition) is 0. The molecule has 4 rings (SSSR count). The highest BCUT2D eigenvalue weighted by molar-refractivity contribution is 6.04. The maximum absolute atomic E-state index is 13.6. The molecule has 8 nitrogen and oxygen atoms in total. The van der Waals surface area contributed by atoms with Gasteiger partial charge in [0.05, 0.1) is 5.69 Å². The molecule has 1 atom stereocenters. The summed E-state index contributed by atoms with van der Waals surface area (Å²) in [4.78, 5) is 51.8. The molecule has 3 aromatic rings. The predicted molar refractivity (Wildman–Crippen MR) is 139 cm³/mol. The Hall–Kier alpha value is -4.07. The van der Waals surface area contributed by atoms with E-state index in [1.54, 1.807) is 23.6 Å². The number of nitrogens with zero attached hydrogens (tertiary/aromatic N) is 4. The largest absolute Gasteiger partial charge is 0.457 e. The Morgan fingerprint density at radius 3 is 2.27 bits per heavy atom. The Morgan fingerprint density at radius 2 is 1.62 bits per heavy atom. The summed E-state index contributed by atoms with van der Waals surface area (Å²) in [7, 11) is 0. The summed E-state index contributed by atoms with van der Waals surface area (Å²) in [5.41, 5.74) is 3.15. The lowest BCUT2D eigenvalue weighted by atomic mass is 10.1. The van der Waals surface area contributed by atoms with Crippen LogP contribution in [0.2, 0.25) is 0 Å². The van der Waals surface area contributed by atoms with Crippen LogP contribution in [0.1, 0.15) is 67.7 Å². The second-order valence-corrected chi connectivity index (χ2v) is 9.29. The Kier molecular flexibility index (Phi) is 7.96. The molecule has 0 spiro atoms. The van der Waals surface area contributed by atoms with Gasteiger partial charge in [-0.2, -0.15) is 0 Å². The molecular formula is C29H32N4O4. The fourth-order valence-corrected chi connectivity index (χ4v) is 4.55. The summed E-state index contributed by atoms with van der Waals surface area (Å²) in [6, 6.07) is 16.8. The lowest BCUT2D eigenvalue weighted by Crippen LogP contribution is -2.55. The normalized spacial score (nSPS) is 15.4. The summed E-state index contributed by atoms with van der Waals surface area (Å²) in [6.07, 6.45) is 0.912. The average molecular weight is 501 g/mol. The first-order valence-electron chi connectivity index (χ1n) is 12.5. The molecule has 1 saturated heterocycles. The molecule has 0 aliphatic carbocycles. The molecule has 192 valence electrons. The van der Waals surface area contributed by atoms with Crippen LogP contribution in [0, 0.1) is 13.8 Å². The van der Waals surface area contributed by atoms with Crippen molar-refractivity contribution in [2.45, 2.75) is 46.8 Å². The molecule has 1 fully saturated rings. The van der Waals surface area contributed by atoms with Crippen LogP contribution in [0.25, 0.3) is 0 Å². The number of piperazine rings is 1. The molecule has 1 unspecified atom stereocenters. The minimum Gasteiger partial charge on any atom is -0.457 e. The molecule has 2 heterocycles. The Bertz CT molecular complexity index is 1290. The summed E-state index contributed by atoms with van der Waals surface area (Å²) in [5, 5.41) is 0. The molecule has 0 N–H and O–H groups in total. The molecule has 2 amide bonds. The highest BCUT2D eigenvalue weighted by Crippen LogP contribution is 2.20. The lowest BCUT2D eigenvalue weighted by Gasteiger charge is -2.40. The van der Waals surface area contributed by atoms with Gasteiger partial charge in [-0.1, -0.05) is 49.4 Å². The van der Waals surface area contributed by atoms with Crippen molar-refractivity contribution in [2.75, 3.05) is 19.6 Å². The summed E-state index contributed by atoms with van der Waals surface area (Å²) in [5.74, 6) is -0.660. The van der Waals surface area contributed by atoms with Gasteiger partial charge >= 0.3 is 5.97 Å². The molecule has 0 saturated carbocycles. The van der Waals surface area contributed by atoms with Crippen LogP contribution in [0.4, 0.5) is 0 Å². The van der Waals surface area contributed by atoms with Crippen molar-refractivity contribution in [1.82, 2.24) is 19.8 Å². The van der Waals surface area contributed by atoms with Gasteiger partial charge in [0, 0.05) is 31.2 Å². The molecule has 0 bridgehead atoms. The van der Waals surface area contributed by atoms with Gasteiger partial charge in [-0.3, -0.25) is 9.59 Å². The van der Waals surface area contributed by atoms with Crippen molar-refractivity contribution in [3.63, 3.8) is 0 Å². The quantitative estimate of drug-likeness (QED) is 0.475. The molecule has 1 aliphatic heterocycles. The number of benzene rings is 2. The van der Waals surface area contributed by atoms with Crippen LogP contribution >= 0.6 is 0 Å². The SMILES string of the molecule is CCc1ccc(C(=O)N2CCN(C(=O)c3nc(C)nc(C)c3C(=O)OCc3ccccc3)CC2C)cc1. The third kappa shape index (κ3) is 5.85. The van der Waals surface area contributed by atoms with Crippen LogP contribution in [-0.2, 0) is 17.8 Å². The lowest BCUT2D eigenvalue weighted by molar-refractivity contribution is 0.0401. The third-order valence-corrected chi connectivity index (χ3v) is 6.61. The summed E-state index contributed by atoms with van der Waals surface area (Å²) in [6.45, 7) is 8.49. The van der Waals surface area contributed by atoms with E-state index in [1.165, 1.54) is 5.56 Å². The van der Waals surface area contributed by atoms with Crippen LogP contribution < -0.4 is 0 Å². The van der Waals surface area contributed by atoms with E-state index >= 15 is 0 Å². The topological polar surface area (TPSA) is 92.7 Å². The van der Waals surface area contributed by atoms with Crippen molar-refractivity contribution in [2.24, 2.45) is 0 Å². The first kappa shape index (κ1) is 26.0. The van der Waals surface area contributed by atoms with Gasteiger partial charge in [0.2, 0.25) is 0 Å². The molecule has 1 aromatic heterocycles. The van der Waals surface area contributed by atoms with E-state index in [2.05, 4.69) is 16.9 Å². The standard InChI is InChI=1S/C29H32N4O4/c1-5-22-11-13-24(14-12-22)27(34)33-16-15-32(17-19(33)2)28(35)26-25(20(3)30-21(4)31-26)29(36)37-18-23-9-7-6-8-10-23/h6-14,19H,5,15-18H2,1-4H3. The first-order valence-corrected chi connectivity index (χ1v) is 12.5. The Morgan fingerprint density at radius 1 is 0.919 bits per heavy atom. The number of hydrogen-bond acceptors (Lipinski definition) is 6. The summed E-state index contributed by atoms with van der Waals surface area (Å²) < 4.78 is 5.51. The highest BCUT2D eigenvalue weighted by atomic mass is 16.5. The van der Waals surface area contributed by atoms with E-state index in [-0.39, 0.29) is 35.7 Å². The summed E-state index contributed by atoms with van der Waals surface area (Å²) >= 11 is 0. The smallest absolute Gasteiger partial charge is 0.342 e. The number of ether oxygens (including phenoxy) is 1. The molecule has 37 heavy (non-hydrogen) atoms. The average Bonchev–Trinajstić information content (AvgIpc) is 2.91. The zero-order valence-corrected chi connectivity index (χ0v) is 21.7. The molecule has 1 aliphatic rings. The van der Waals surface area contributed by atoms with Crippen molar-refractivity contribution in [1.29, 1.82) is 0 Å². The van der Waals surface area contributed by atoms with Crippen molar-refractivity contribution in [3.8, 4) is 0 Å². The maximum atomic E-state index is 13.6. The van der Waals surface area contributed by atoms with E-state index in [1.807, 2.05) is 61.5 Å². The van der Waals surface area contributed by atoms with Gasteiger partial charge in [-0.15, -0.1) is 0 Å². The zero-order chi connectivity index (χ0) is 26.5. The highest BCUT2D eigenvalue weighted by Gasteiger charge is 2.34. The van der Waals surface area contributed by atoms with E-state index in [0.29, 0.717) is 36.7 Å². The minimum absolute atomic E-state index is 0.0326. The van der Waals surface area contributed by atoms with E-state index in [9.17, 15) is 14.4 Å². The Labute approximate surface area is 217 Å². The predicted octanol–water partition coefficient (Wildman–Crippen LogP) is 4.00. The van der Waals surface area contributed by atoms with E-state index in [4.69, 9.17) is 4.74 Å². The van der Waals surface area contributed by atoms with Crippen LogP contribution in [0.5, 0.6) is 0 Å². The van der Waals surface area contributed by atoms with Gasteiger partial charge in [-0.25, -0.2) is 14.8 Å². The van der Waals surface area contributed by atoms with E-state index in [0.717, 1.165) is 12.0 Å². The fourth-order valence-electron chi connectivity index (χ4n) is 4.55. The first-order chi connectivity index (χ1) is 17.8. The van der Waals surface area contributed by atoms with Crippen molar-refractivity contribution >= 4 is 17.8 Å². The van der Waals surface area contributed by atoms with E-state index < -0.39 is 5.97 Å². The van der Waals surface area contributed by atoms with Gasteiger partial charge < -0.3 is 14.5 Å². The molecule has 0 radical (unpaired) electrons. The molecular weight excluding hydrogens is 468 g/mol. The van der Waals surface area contributed by atoms with Gasteiger partial charge in [-0.05, 0) is 50.5 Å². The second-order valence-electron chi connectivity index (χ2n) is 9.29. The monoisotopic (exact) mass is 500 g/mol. The number of aryl methyl sites for hydroxylation is 3. The zero-order valence-electron chi connectivity index (χ0n) is 21.7. The molecule has 2 aromatic carbocycles. The van der Waals surface area contributed by atoms with Crippen molar-refractivity contribution < 1.29 is 19.1 Å². The fraction of sp³-hybridized carbons (Fsp3) is 0.345. The number of amides is 2. The number of rotatable bonds is 6. The molecule has 8 heteroatoms. The van der Waals surface area contributed by atoms with Crippen LogP contribution in [0.15, 0.2) is 54.6 Å². The van der Waals surface area contributed by atoms with Crippen molar-refractivity contribution in [3.05, 3.63) is 94.1 Å². The Balaban J connectivity index is 1.49. The van der Waals surface area contributed by atoms with Gasteiger partial charge in [0.1, 0.15) is 23.7 Å². The number of esters is 1. The third-order valence-electron chi connectivity index (χ3n) is 6.61. The second kappa shape index (κ2) is 11.3. The minimum atomic E-state index is -0.637. The number of carbonyl (C=O) groups is 3. The van der Waals surface area contributed by atoms with Gasteiger partial charge in [0.25, 0.3) is 11.8 Å². The number of aromatic nitrogens is 2. The van der Waals surface area contributed by atoms with Gasteiger partial charge in [0.15, 0.2) is 0 Å². The van der Waals surface area contributed by atoms with Crippen LogP contribution in [0.3, 0.4) is 0 Å². The van der Waals surface area contributed by atoms with Crippen LogP contribution in [-0.4, -0.2) is 63.2 Å².